The Labute approximate surface area is 230 Å². The predicted molar refractivity (Wildman–Crippen MR) is 137 cm³/mol. The quantitative estimate of drug-likeness (QED) is 0.213. The van der Waals surface area contributed by atoms with Crippen LogP contribution in [-0.4, -0.2) is 32.3 Å². The van der Waals surface area contributed by atoms with Gasteiger partial charge in [-0.05, 0) is 36.5 Å². The number of nitriles is 1. The maximum absolute atomic E-state index is 14.3. The lowest BCUT2D eigenvalue weighted by atomic mass is 10.0. The first-order valence-electron chi connectivity index (χ1n) is 11.6. The summed E-state index contributed by atoms with van der Waals surface area (Å²) in [4.78, 5) is 32.2. The van der Waals surface area contributed by atoms with Crippen molar-refractivity contribution in [2.75, 3.05) is 10.6 Å². The van der Waals surface area contributed by atoms with Gasteiger partial charge in [-0.25, -0.2) is 14.7 Å². The Balaban J connectivity index is 1.57. The van der Waals surface area contributed by atoms with E-state index in [2.05, 4.69) is 20.4 Å². The molecule has 0 unspecified atom stereocenters. The minimum atomic E-state index is -5.14. The van der Waals surface area contributed by atoms with Gasteiger partial charge in [-0.1, -0.05) is 12.1 Å². The summed E-state index contributed by atoms with van der Waals surface area (Å²) in [5, 5.41) is 18.0. The number of hydrogen-bond donors (Lipinski definition) is 3. The molecular formula is C26H14F6N8O2. The highest BCUT2D eigenvalue weighted by Gasteiger charge is 2.41. The minimum absolute atomic E-state index is 0.0958. The molecule has 0 spiro atoms. The van der Waals surface area contributed by atoms with Crippen LogP contribution < -0.4 is 16.4 Å². The molecule has 2 aromatic carbocycles. The lowest BCUT2D eigenvalue weighted by Gasteiger charge is -2.15. The number of aromatic nitrogens is 3. The Morgan fingerprint density at radius 2 is 1.88 bits per heavy atom. The third-order valence-corrected chi connectivity index (χ3v) is 6.05. The zero-order valence-electron chi connectivity index (χ0n) is 20.7. The van der Waals surface area contributed by atoms with Gasteiger partial charge in [0.25, 0.3) is 11.8 Å². The van der Waals surface area contributed by atoms with Gasteiger partial charge in [0.05, 0.1) is 29.3 Å². The molecule has 0 aliphatic carbocycles. The van der Waals surface area contributed by atoms with Crippen LogP contribution in [0, 0.1) is 11.3 Å². The molecule has 0 radical (unpaired) electrons. The van der Waals surface area contributed by atoms with E-state index in [4.69, 9.17) is 11.0 Å². The maximum Gasteiger partial charge on any atom is 0.434 e. The van der Waals surface area contributed by atoms with E-state index in [1.54, 1.807) is 0 Å². The zero-order valence-corrected chi connectivity index (χ0v) is 20.7. The first-order chi connectivity index (χ1) is 19.8. The molecule has 212 valence electrons. The van der Waals surface area contributed by atoms with Gasteiger partial charge in [-0.3, -0.25) is 9.59 Å². The number of benzene rings is 2. The van der Waals surface area contributed by atoms with E-state index in [0.717, 1.165) is 18.5 Å². The van der Waals surface area contributed by atoms with Gasteiger partial charge in [-0.15, -0.1) is 0 Å². The van der Waals surface area contributed by atoms with Crippen molar-refractivity contribution in [3.05, 3.63) is 83.5 Å². The summed E-state index contributed by atoms with van der Waals surface area (Å²) >= 11 is 0. The summed E-state index contributed by atoms with van der Waals surface area (Å²) in [5.41, 5.74) is 0.600. The molecule has 1 aliphatic heterocycles. The van der Waals surface area contributed by atoms with Gasteiger partial charge < -0.3 is 16.4 Å². The van der Waals surface area contributed by atoms with Crippen molar-refractivity contribution in [3.63, 3.8) is 0 Å². The van der Waals surface area contributed by atoms with Crippen LogP contribution in [0.1, 0.15) is 32.0 Å². The van der Waals surface area contributed by atoms with E-state index in [9.17, 15) is 35.9 Å². The standard InChI is InChI=1S/C26H14F6N8O2/c27-25(28,29)17-8-13(10-35-22(17)37-12(9-34)6-7-33)38-24(42)16-11-36-40(21(16)26(30,31)32)19-5-4-18-20-14(19)2-1-3-15(20)23(41)39-18/h1-8,10-11H,33H2,(H,38,42)(H,39,41). The average Bonchev–Trinajstić information content (AvgIpc) is 3.52. The average molecular weight is 584 g/mol. The predicted octanol–water partition coefficient (Wildman–Crippen LogP) is 5.34. The van der Waals surface area contributed by atoms with Crippen molar-refractivity contribution in [3.8, 4) is 11.8 Å². The van der Waals surface area contributed by atoms with E-state index in [1.807, 2.05) is 5.32 Å². The maximum atomic E-state index is 14.3. The van der Waals surface area contributed by atoms with Crippen LogP contribution in [0.2, 0.25) is 0 Å². The molecule has 4 N–H and O–H groups in total. The molecule has 1 aliphatic rings. The van der Waals surface area contributed by atoms with E-state index in [-0.39, 0.29) is 16.6 Å². The third-order valence-electron chi connectivity index (χ3n) is 6.05. The number of nitrogens with one attached hydrogen (secondary N) is 2. The summed E-state index contributed by atoms with van der Waals surface area (Å²) in [6.07, 6.45) is -7.03. The van der Waals surface area contributed by atoms with Gasteiger partial charge in [0.15, 0.2) is 11.5 Å². The number of hydrogen-bond acceptors (Lipinski definition) is 7. The molecular weight excluding hydrogens is 570 g/mol. The number of aliphatic imine (C=N–C) groups is 1. The van der Waals surface area contributed by atoms with Crippen LogP contribution in [0.25, 0.3) is 16.5 Å². The molecule has 0 fully saturated rings. The summed E-state index contributed by atoms with van der Waals surface area (Å²) in [7, 11) is 0. The molecule has 10 nitrogen and oxygen atoms in total. The molecule has 0 saturated carbocycles. The number of nitrogens with zero attached hydrogens (tertiary/aromatic N) is 5. The number of carbonyl (C=O) groups is 2. The molecule has 5 rings (SSSR count). The Kier molecular flexibility index (Phi) is 6.65. The second-order valence-electron chi connectivity index (χ2n) is 8.65. The third kappa shape index (κ3) is 4.87. The SMILES string of the molecule is N#CC(C=CN)=Nc1ncc(NC(=O)c2cnn(-c3ccc4c5c(cccc35)C(=O)N4)c2C(F)(F)F)cc1C(F)(F)F. The van der Waals surface area contributed by atoms with Crippen molar-refractivity contribution in [2.24, 2.45) is 10.7 Å². The second kappa shape index (κ2) is 10.0. The highest BCUT2D eigenvalue weighted by molar-refractivity contribution is 6.25. The van der Waals surface area contributed by atoms with E-state index in [0.29, 0.717) is 28.0 Å². The Bertz CT molecular complexity index is 1880. The minimum Gasteiger partial charge on any atom is -0.405 e. The lowest BCUT2D eigenvalue weighted by molar-refractivity contribution is -0.143. The van der Waals surface area contributed by atoms with Gasteiger partial charge in [0.2, 0.25) is 0 Å². The van der Waals surface area contributed by atoms with Crippen LogP contribution in [0.4, 0.5) is 43.5 Å². The summed E-state index contributed by atoms with van der Waals surface area (Å²) in [5.74, 6) is -2.79. The number of carbonyl (C=O) groups excluding carboxylic acids is 2. The fraction of sp³-hybridized carbons (Fsp3) is 0.0769. The number of pyridine rings is 1. The topological polar surface area (TPSA) is 151 Å². The molecule has 3 heterocycles. The Morgan fingerprint density at radius 1 is 1.12 bits per heavy atom. The van der Waals surface area contributed by atoms with Crippen LogP contribution in [0.5, 0.6) is 0 Å². The van der Waals surface area contributed by atoms with Crippen LogP contribution in [-0.2, 0) is 12.4 Å². The summed E-state index contributed by atoms with van der Waals surface area (Å²) < 4.78 is 84.6. The number of amides is 2. The molecule has 0 bridgehead atoms. The van der Waals surface area contributed by atoms with Crippen molar-refractivity contribution < 1.29 is 35.9 Å². The fourth-order valence-electron chi connectivity index (χ4n) is 4.36. The van der Waals surface area contributed by atoms with Gasteiger partial charge >= 0.3 is 12.4 Å². The summed E-state index contributed by atoms with van der Waals surface area (Å²) in [6, 6.07) is 9.07. The Morgan fingerprint density at radius 3 is 2.55 bits per heavy atom. The monoisotopic (exact) mass is 584 g/mol. The zero-order chi connectivity index (χ0) is 30.4. The first kappa shape index (κ1) is 27.8. The van der Waals surface area contributed by atoms with E-state index < -0.39 is 58.2 Å². The van der Waals surface area contributed by atoms with Crippen LogP contribution >= 0.6 is 0 Å². The van der Waals surface area contributed by atoms with Crippen molar-refractivity contribution in [1.82, 2.24) is 14.8 Å². The first-order valence-corrected chi connectivity index (χ1v) is 11.6. The van der Waals surface area contributed by atoms with Gasteiger partial charge in [0, 0.05) is 22.0 Å². The number of halogens is 6. The normalized spacial score (nSPS) is 13.5. The highest BCUT2D eigenvalue weighted by atomic mass is 19.4. The summed E-state index contributed by atoms with van der Waals surface area (Å²) in [6.45, 7) is 0. The molecule has 2 amide bonds. The number of nitrogens with two attached hydrogens (primary N) is 1. The second-order valence-corrected chi connectivity index (χ2v) is 8.65. The molecule has 16 heteroatoms. The molecule has 2 aromatic heterocycles. The van der Waals surface area contributed by atoms with Crippen LogP contribution in [0.15, 0.2) is 66.1 Å². The smallest absolute Gasteiger partial charge is 0.405 e. The molecule has 0 atom stereocenters. The largest absolute Gasteiger partial charge is 0.434 e. The highest BCUT2D eigenvalue weighted by Crippen LogP contribution is 2.40. The van der Waals surface area contributed by atoms with Crippen molar-refractivity contribution in [1.29, 1.82) is 5.26 Å². The lowest BCUT2D eigenvalue weighted by Crippen LogP contribution is -2.21. The molecule has 42 heavy (non-hydrogen) atoms. The number of allylic oxidation sites excluding steroid dienone is 1. The van der Waals surface area contributed by atoms with Gasteiger partial charge in [0.1, 0.15) is 17.3 Å². The van der Waals surface area contributed by atoms with Crippen molar-refractivity contribution in [2.45, 2.75) is 12.4 Å². The number of rotatable bonds is 5. The van der Waals surface area contributed by atoms with Gasteiger partial charge in [-0.2, -0.15) is 36.7 Å². The number of anilines is 2. The molecule has 0 saturated heterocycles. The van der Waals surface area contributed by atoms with E-state index in [1.165, 1.54) is 36.4 Å². The molecule has 4 aromatic rings. The Hall–Kier alpha value is -5.72. The van der Waals surface area contributed by atoms with E-state index >= 15 is 0 Å². The number of alkyl halides is 6. The van der Waals surface area contributed by atoms with Crippen molar-refractivity contribution >= 4 is 45.5 Å². The fourth-order valence-corrected chi connectivity index (χ4v) is 4.36. The van der Waals surface area contributed by atoms with Crippen LogP contribution in [0.3, 0.4) is 0 Å².